The molecule has 1 fully saturated rings. The van der Waals surface area contributed by atoms with E-state index in [4.69, 9.17) is 4.52 Å². The molecule has 1 aliphatic rings. The van der Waals surface area contributed by atoms with Crippen LogP contribution in [-0.4, -0.2) is 28.6 Å². The Morgan fingerprint density at radius 1 is 1.41 bits per heavy atom. The molecule has 0 bridgehead atoms. The van der Waals surface area contributed by atoms with Crippen molar-refractivity contribution < 1.29 is 13.7 Å². The van der Waals surface area contributed by atoms with E-state index in [1.54, 1.807) is 6.07 Å². The summed E-state index contributed by atoms with van der Waals surface area (Å²) in [4.78, 5) is 14.3. The van der Waals surface area contributed by atoms with Crippen LogP contribution in [-0.2, 0) is 11.2 Å². The van der Waals surface area contributed by atoms with Gasteiger partial charge in [0, 0.05) is 24.6 Å². The lowest BCUT2D eigenvalue weighted by molar-refractivity contribution is -0.131. The number of likely N-dealkylation sites (tertiary alicyclic amines) is 1. The zero-order chi connectivity index (χ0) is 15.7. The van der Waals surface area contributed by atoms with Gasteiger partial charge < -0.3 is 9.42 Å². The predicted molar refractivity (Wildman–Crippen MR) is 79.9 cm³/mol. The molecule has 0 radical (unpaired) electrons. The summed E-state index contributed by atoms with van der Waals surface area (Å²) in [6.07, 6.45) is 1.16. The largest absolute Gasteiger partial charge is 0.361 e. The Kier molecular flexibility index (Phi) is 3.96. The molecule has 0 saturated carbocycles. The van der Waals surface area contributed by atoms with Crippen LogP contribution in [0.3, 0.4) is 0 Å². The van der Waals surface area contributed by atoms with E-state index < -0.39 is 0 Å². The maximum atomic E-state index is 13.0. The summed E-state index contributed by atoms with van der Waals surface area (Å²) in [5.74, 6) is 0.801. The van der Waals surface area contributed by atoms with Crippen LogP contribution in [0, 0.1) is 12.7 Å². The maximum absolute atomic E-state index is 13.0. The molecule has 0 N–H and O–H groups in total. The lowest BCUT2D eigenvalue weighted by atomic mass is 9.97. The van der Waals surface area contributed by atoms with E-state index in [1.165, 1.54) is 12.1 Å². The summed E-state index contributed by atoms with van der Waals surface area (Å²) in [6.45, 7) is 4.53. The molecule has 5 heteroatoms. The lowest BCUT2D eigenvalue weighted by Crippen LogP contribution is -2.35. The topological polar surface area (TPSA) is 46.3 Å². The van der Waals surface area contributed by atoms with Gasteiger partial charge in [-0.05, 0) is 38.0 Å². The van der Waals surface area contributed by atoms with Gasteiger partial charge in [0.15, 0.2) is 0 Å². The van der Waals surface area contributed by atoms with Gasteiger partial charge >= 0.3 is 0 Å². The number of amides is 1. The van der Waals surface area contributed by atoms with Crippen LogP contribution in [0.1, 0.15) is 36.3 Å². The molecule has 1 aliphatic heterocycles. The number of aryl methyl sites for hydroxylation is 1. The number of carbonyl (C=O) groups is 1. The van der Waals surface area contributed by atoms with Crippen molar-refractivity contribution in [2.75, 3.05) is 6.54 Å². The molecule has 1 aromatic heterocycles. The van der Waals surface area contributed by atoms with Crippen LogP contribution in [0.2, 0.25) is 0 Å². The van der Waals surface area contributed by atoms with E-state index in [9.17, 15) is 9.18 Å². The molecular formula is C17H19FN2O2. The Morgan fingerprint density at radius 3 is 2.77 bits per heavy atom. The van der Waals surface area contributed by atoms with Crippen LogP contribution in [0.5, 0.6) is 0 Å². The molecular weight excluding hydrogens is 283 g/mol. The number of halogens is 1. The third-order valence-electron chi connectivity index (χ3n) is 4.25. The van der Waals surface area contributed by atoms with Crippen molar-refractivity contribution in [2.45, 2.75) is 38.6 Å². The van der Waals surface area contributed by atoms with Gasteiger partial charge in [0.2, 0.25) is 5.91 Å². The summed E-state index contributed by atoms with van der Waals surface area (Å²) < 4.78 is 18.0. The third-order valence-corrected chi connectivity index (χ3v) is 4.25. The van der Waals surface area contributed by atoms with Crippen LogP contribution >= 0.6 is 0 Å². The quantitative estimate of drug-likeness (QED) is 0.875. The number of hydrogen-bond acceptors (Lipinski definition) is 3. The first-order valence-corrected chi connectivity index (χ1v) is 7.50. The van der Waals surface area contributed by atoms with Crippen LogP contribution in [0.15, 0.2) is 34.9 Å². The molecule has 116 valence electrons. The highest BCUT2D eigenvalue weighted by Gasteiger charge is 2.33. The lowest BCUT2D eigenvalue weighted by Gasteiger charge is -2.21. The van der Waals surface area contributed by atoms with Gasteiger partial charge in [-0.15, -0.1) is 0 Å². The van der Waals surface area contributed by atoms with E-state index >= 15 is 0 Å². The van der Waals surface area contributed by atoms with Gasteiger partial charge in [0.25, 0.3) is 0 Å². The van der Waals surface area contributed by atoms with E-state index in [-0.39, 0.29) is 30.1 Å². The summed E-state index contributed by atoms with van der Waals surface area (Å²) in [5.41, 5.74) is 1.75. The Labute approximate surface area is 128 Å². The maximum Gasteiger partial charge on any atom is 0.228 e. The minimum Gasteiger partial charge on any atom is -0.361 e. The number of hydrogen-bond donors (Lipinski definition) is 0. The van der Waals surface area contributed by atoms with Crippen molar-refractivity contribution in [3.8, 4) is 0 Å². The molecule has 2 atom stereocenters. The molecule has 3 rings (SSSR count). The summed E-state index contributed by atoms with van der Waals surface area (Å²) in [7, 11) is 0. The second-order valence-corrected chi connectivity index (χ2v) is 5.98. The Balaban J connectivity index is 1.67. The van der Waals surface area contributed by atoms with Gasteiger partial charge in [-0.1, -0.05) is 17.3 Å². The molecule has 2 aromatic rings. The van der Waals surface area contributed by atoms with E-state index in [0.717, 1.165) is 12.0 Å². The van der Waals surface area contributed by atoms with Crippen molar-refractivity contribution in [1.82, 2.24) is 10.1 Å². The first-order valence-electron chi connectivity index (χ1n) is 7.50. The Morgan fingerprint density at radius 2 is 2.14 bits per heavy atom. The highest BCUT2D eigenvalue weighted by molar-refractivity contribution is 5.79. The van der Waals surface area contributed by atoms with Gasteiger partial charge in [0.05, 0.1) is 12.1 Å². The first-order chi connectivity index (χ1) is 10.5. The number of rotatable bonds is 3. The summed E-state index contributed by atoms with van der Waals surface area (Å²) in [6, 6.07) is 8.53. The van der Waals surface area contributed by atoms with Crippen LogP contribution in [0.4, 0.5) is 4.39 Å². The van der Waals surface area contributed by atoms with Crippen molar-refractivity contribution in [3.63, 3.8) is 0 Å². The standard InChI is InChI=1S/C17H19FN2O2/c1-11-7-14(13-3-5-15(18)6-4-13)10-20(11)17(21)9-16-8-12(2)22-19-16/h3-6,8,11,14H,7,9-10H2,1-2H3/t11-,14-/m1/s1. The molecule has 1 amide bonds. The van der Waals surface area contributed by atoms with Gasteiger partial charge in [0.1, 0.15) is 11.6 Å². The highest BCUT2D eigenvalue weighted by Crippen LogP contribution is 2.32. The number of nitrogens with zero attached hydrogens (tertiary/aromatic N) is 2. The molecule has 22 heavy (non-hydrogen) atoms. The van der Waals surface area contributed by atoms with Crippen molar-refractivity contribution in [1.29, 1.82) is 0 Å². The van der Waals surface area contributed by atoms with Gasteiger partial charge in [-0.25, -0.2) is 4.39 Å². The predicted octanol–water partition coefficient (Wildman–Crippen LogP) is 3.07. The van der Waals surface area contributed by atoms with E-state index in [0.29, 0.717) is 18.0 Å². The fourth-order valence-electron chi connectivity index (χ4n) is 3.11. The van der Waals surface area contributed by atoms with Gasteiger partial charge in [-0.3, -0.25) is 4.79 Å². The molecule has 4 nitrogen and oxygen atoms in total. The van der Waals surface area contributed by atoms with Gasteiger partial charge in [-0.2, -0.15) is 0 Å². The van der Waals surface area contributed by atoms with Crippen molar-refractivity contribution in [2.24, 2.45) is 0 Å². The zero-order valence-corrected chi connectivity index (χ0v) is 12.8. The van der Waals surface area contributed by atoms with Crippen LogP contribution in [0.25, 0.3) is 0 Å². The molecule has 0 unspecified atom stereocenters. The van der Waals surface area contributed by atoms with Crippen LogP contribution < -0.4 is 0 Å². The van der Waals surface area contributed by atoms with E-state index in [2.05, 4.69) is 12.1 Å². The molecule has 0 spiro atoms. The van der Waals surface area contributed by atoms with Crippen molar-refractivity contribution >= 4 is 5.91 Å². The fraction of sp³-hybridized carbons (Fsp3) is 0.412. The Hall–Kier alpha value is -2.17. The molecule has 1 aromatic carbocycles. The third kappa shape index (κ3) is 3.03. The van der Waals surface area contributed by atoms with E-state index in [1.807, 2.05) is 24.0 Å². The SMILES string of the molecule is Cc1cc(CC(=O)N2C[C@H](c3ccc(F)cc3)C[C@H]2C)no1. The number of benzene rings is 1. The summed E-state index contributed by atoms with van der Waals surface area (Å²) in [5, 5.41) is 3.87. The summed E-state index contributed by atoms with van der Waals surface area (Å²) >= 11 is 0. The first kappa shape index (κ1) is 14.8. The average Bonchev–Trinajstić information content (AvgIpc) is 3.06. The van der Waals surface area contributed by atoms with Crippen molar-refractivity contribution in [3.05, 3.63) is 53.2 Å². The molecule has 0 aliphatic carbocycles. The second kappa shape index (κ2) is 5.91. The Bertz CT molecular complexity index is 666. The smallest absolute Gasteiger partial charge is 0.228 e. The zero-order valence-electron chi connectivity index (χ0n) is 12.8. The molecule has 2 heterocycles. The minimum absolute atomic E-state index is 0.0606. The fourth-order valence-corrected chi connectivity index (χ4v) is 3.11. The monoisotopic (exact) mass is 302 g/mol. The second-order valence-electron chi connectivity index (χ2n) is 5.98. The minimum atomic E-state index is -0.232. The average molecular weight is 302 g/mol. The highest BCUT2D eigenvalue weighted by atomic mass is 19.1. The number of carbonyl (C=O) groups excluding carboxylic acids is 1. The number of aromatic nitrogens is 1. The normalized spacial score (nSPS) is 21.3. The molecule has 1 saturated heterocycles.